The molecule has 0 aliphatic rings. The van der Waals surface area contributed by atoms with E-state index in [0.29, 0.717) is 16.9 Å². The van der Waals surface area contributed by atoms with Crippen LogP contribution in [0.3, 0.4) is 0 Å². The van der Waals surface area contributed by atoms with Crippen molar-refractivity contribution in [2.45, 2.75) is 20.8 Å². The van der Waals surface area contributed by atoms with Crippen LogP contribution >= 0.6 is 0 Å². The summed E-state index contributed by atoms with van der Waals surface area (Å²) in [7, 11) is 0. The first-order chi connectivity index (χ1) is 9.47. The number of aryl methyl sites for hydroxylation is 2. The van der Waals surface area contributed by atoms with E-state index in [4.69, 9.17) is 4.74 Å². The Bertz CT molecular complexity index is 654. The Balaban J connectivity index is 2.28. The largest absolute Gasteiger partial charge is 0.422 e. The molecule has 0 N–H and O–H groups in total. The molecule has 0 aliphatic heterocycles. The molecular weight excluding hydrogens is 252 g/mol. The van der Waals surface area contributed by atoms with Crippen LogP contribution in [0.1, 0.15) is 38.8 Å². The van der Waals surface area contributed by atoms with E-state index in [1.807, 2.05) is 32.0 Å². The molecule has 102 valence electrons. The van der Waals surface area contributed by atoms with Gasteiger partial charge >= 0.3 is 5.97 Å². The second-order valence-electron chi connectivity index (χ2n) is 4.81. The quantitative estimate of drug-likeness (QED) is 0.484. The molecule has 0 spiro atoms. The van der Waals surface area contributed by atoms with Gasteiger partial charge in [0.2, 0.25) is 0 Å². The molecule has 3 nitrogen and oxygen atoms in total. The number of carbonyl (C=O) groups excluding carboxylic acids is 2. The van der Waals surface area contributed by atoms with Crippen LogP contribution in [0.2, 0.25) is 0 Å². The van der Waals surface area contributed by atoms with Gasteiger partial charge in [-0.3, -0.25) is 4.79 Å². The van der Waals surface area contributed by atoms with Crippen LogP contribution < -0.4 is 4.74 Å². The number of ketones is 1. The summed E-state index contributed by atoms with van der Waals surface area (Å²) in [6, 6.07) is 12.3. The third kappa shape index (κ3) is 3.12. The van der Waals surface area contributed by atoms with Crippen LogP contribution in [0.25, 0.3) is 0 Å². The van der Waals surface area contributed by atoms with Crippen molar-refractivity contribution in [3.05, 3.63) is 64.7 Å². The Labute approximate surface area is 118 Å². The maximum Gasteiger partial charge on any atom is 0.343 e. The molecule has 0 radical (unpaired) electrons. The van der Waals surface area contributed by atoms with Gasteiger partial charge in [-0.05, 0) is 45.0 Å². The van der Waals surface area contributed by atoms with Crippen LogP contribution in [0.4, 0.5) is 0 Å². The smallest absolute Gasteiger partial charge is 0.343 e. The van der Waals surface area contributed by atoms with Gasteiger partial charge in [-0.1, -0.05) is 29.3 Å². The summed E-state index contributed by atoms with van der Waals surface area (Å²) in [4.78, 5) is 23.6. The van der Waals surface area contributed by atoms with Crippen LogP contribution in [0, 0.1) is 13.8 Å². The van der Waals surface area contributed by atoms with E-state index in [0.717, 1.165) is 11.1 Å². The fraction of sp³-hybridized carbons (Fsp3) is 0.176. The van der Waals surface area contributed by atoms with Crippen LogP contribution in [-0.4, -0.2) is 11.8 Å². The summed E-state index contributed by atoms with van der Waals surface area (Å²) in [6.45, 7) is 5.29. The highest BCUT2D eigenvalue weighted by Gasteiger charge is 2.14. The second kappa shape index (κ2) is 5.70. The lowest BCUT2D eigenvalue weighted by Gasteiger charge is -2.09. The van der Waals surface area contributed by atoms with Gasteiger partial charge in [-0.2, -0.15) is 0 Å². The third-order valence-corrected chi connectivity index (χ3v) is 3.00. The SMILES string of the molecule is CC(=O)c1cc(C)ccc1OC(=O)c1ccc(C)cc1. The lowest BCUT2D eigenvalue weighted by atomic mass is 10.1. The maximum absolute atomic E-state index is 12.1. The van der Waals surface area contributed by atoms with Gasteiger partial charge in [0.15, 0.2) is 5.78 Å². The summed E-state index contributed by atoms with van der Waals surface area (Å²) in [5, 5.41) is 0. The van der Waals surface area contributed by atoms with E-state index in [-0.39, 0.29) is 5.78 Å². The topological polar surface area (TPSA) is 43.4 Å². The molecule has 3 heteroatoms. The number of hydrogen-bond acceptors (Lipinski definition) is 3. The minimum atomic E-state index is -0.462. The Kier molecular flexibility index (Phi) is 3.99. The van der Waals surface area contributed by atoms with Crippen LogP contribution in [0.15, 0.2) is 42.5 Å². The van der Waals surface area contributed by atoms with Crippen LogP contribution in [-0.2, 0) is 0 Å². The Morgan fingerprint density at radius 3 is 2.10 bits per heavy atom. The number of Topliss-reactive ketones (excluding diaryl/α,β-unsaturated/α-hetero) is 1. The summed E-state index contributed by atoms with van der Waals surface area (Å²) in [6.07, 6.45) is 0. The number of rotatable bonds is 3. The van der Waals surface area contributed by atoms with Gasteiger partial charge in [-0.15, -0.1) is 0 Å². The molecule has 20 heavy (non-hydrogen) atoms. The zero-order valence-corrected chi connectivity index (χ0v) is 11.8. The Hall–Kier alpha value is -2.42. The van der Waals surface area contributed by atoms with Crippen molar-refractivity contribution in [1.82, 2.24) is 0 Å². The van der Waals surface area contributed by atoms with Gasteiger partial charge in [0.1, 0.15) is 5.75 Å². The fourth-order valence-corrected chi connectivity index (χ4v) is 1.86. The minimum absolute atomic E-state index is 0.125. The zero-order chi connectivity index (χ0) is 14.7. The first-order valence-corrected chi connectivity index (χ1v) is 6.38. The van der Waals surface area contributed by atoms with E-state index in [1.165, 1.54) is 6.92 Å². The monoisotopic (exact) mass is 268 g/mol. The van der Waals surface area contributed by atoms with Crippen molar-refractivity contribution in [2.24, 2.45) is 0 Å². The first kappa shape index (κ1) is 14.0. The minimum Gasteiger partial charge on any atom is -0.422 e. The number of ether oxygens (including phenoxy) is 1. The molecule has 0 aliphatic carbocycles. The molecule has 0 bridgehead atoms. The summed E-state index contributed by atoms with van der Waals surface area (Å²) in [5.74, 6) is -0.287. The lowest BCUT2D eigenvalue weighted by molar-refractivity contribution is 0.0733. The molecule has 0 amide bonds. The standard InChI is InChI=1S/C17H16O3/c1-11-4-7-14(8-5-11)17(19)20-16-9-6-12(2)10-15(16)13(3)18/h4-10H,1-3H3. The van der Waals surface area contributed by atoms with Gasteiger partial charge in [0, 0.05) is 0 Å². The molecule has 0 heterocycles. The van der Waals surface area contributed by atoms with Crippen molar-refractivity contribution in [3.8, 4) is 5.75 Å². The van der Waals surface area contributed by atoms with E-state index in [9.17, 15) is 9.59 Å². The molecule has 2 aromatic rings. The van der Waals surface area contributed by atoms with Crippen molar-refractivity contribution < 1.29 is 14.3 Å². The van der Waals surface area contributed by atoms with E-state index in [2.05, 4.69) is 0 Å². The van der Waals surface area contributed by atoms with Crippen molar-refractivity contribution >= 4 is 11.8 Å². The molecule has 0 unspecified atom stereocenters. The average molecular weight is 268 g/mol. The molecule has 0 fully saturated rings. The number of benzene rings is 2. The number of hydrogen-bond donors (Lipinski definition) is 0. The number of esters is 1. The average Bonchev–Trinajstić information content (AvgIpc) is 2.41. The predicted octanol–water partition coefficient (Wildman–Crippen LogP) is 3.73. The Morgan fingerprint density at radius 1 is 0.900 bits per heavy atom. The summed E-state index contributed by atoms with van der Waals surface area (Å²) in [5.41, 5.74) is 2.91. The van der Waals surface area contributed by atoms with E-state index in [1.54, 1.807) is 24.3 Å². The zero-order valence-electron chi connectivity index (χ0n) is 11.8. The van der Waals surface area contributed by atoms with Crippen molar-refractivity contribution in [2.75, 3.05) is 0 Å². The third-order valence-electron chi connectivity index (χ3n) is 3.00. The van der Waals surface area contributed by atoms with E-state index >= 15 is 0 Å². The van der Waals surface area contributed by atoms with Crippen LogP contribution in [0.5, 0.6) is 5.75 Å². The van der Waals surface area contributed by atoms with Gasteiger partial charge < -0.3 is 4.74 Å². The van der Waals surface area contributed by atoms with Gasteiger partial charge in [-0.25, -0.2) is 4.79 Å². The highest BCUT2D eigenvalue weighted by atomic mass is 16.5. The highest BCUT2D eigenvalue weighted by molar-refractivity contribution is 5.99. The van der Waals surface area contributed by atoms with Crippen molar-refractivity contribution in [3.63, 3.8) is 0 Å². The second-order valence-corrected chi connectivity index (χ2v) is 4.81. The molecule has 2 aromatic carbocycles. The normalized spacial score (nSPS) is 10.2. The van der Waals surface area contributed by atoms with Gasteiger partial charge in [0.05, 0.1) is 11.1 Å². The molecule has 0 aromatic heterocycles. The number of carbonyl (C=O) groups is 2. The molecular formula is C17H16O3. The fourth-order valence-electron chi connectivity index (χ4n) is 1.86. The highest BCUT2D eigenvalue weighted by Crippen LogP contribution is 2.22. The first-order valence-electron chi connectivity index (χ1n) is 6.38. The lowest BCUT2D eigenvalue weighted by Crippen LogP contribution is -2.11. The summed E-state index contributed by atoms with van der Waals surface area (Å²) >= 11 is 0. The molecule has 0 atom stereocenters. The predicted molar refractivity (Wildman–Crippen MR) is 77.3 cm³/mol. The van der Waals surface area contributed by atoms with E-state index < -0.39 is 5.97 Å². The summed E-state index contributed by atoms with van der Waals surface area (Å²) < 4.78 is 5.33. The van der Waals surface area contributed by atoms with Crippen molar-refractivity contribution in [1.29, 1.82) is 0 Å². The maximum atomic E-state index is 12.1. The molecule has 2 rings (SSSR count). The molecule has 0 saturated heterocycles. The Morgan fingerprint density at radius 2 is 1.50 bits per heavy atom. The molecule has 0 saturated carbocycles. The van der Waals surface area contributed by atoms with Gasteiger partial charge in [0.25, 0.3) is 0 Å².